The fraction of sp³-hybridized carbons (Fsp3) is 0.333. The van der Waals surface area contributed by atoms with Crippen molar-refractivity contribution < 1.29 is 13.6 Å². The van der Waals surface area contributed by atoms with Crippen molar-refractivity contribution in [3.8, 4) is 0 Å². The van der Waals surface area contributed by atoms with Crippen molar-refractivity contribution in [3.63, 3.8) is 0 Å². The molecule has 0 aliphatic carbocycles. The van der Waals surface area contributed by atoms with E-state index in [-0.39, 0.29) is 6.61 Å². The Morgan fingerprint density at radius 1 is 1.29 bits per heavy atom. The summed E-state index contributed by atoms with van der Waals surface area (Å²) in [5.41, 5.74) is 1.06. The standard InChI is InChI=1S/C9H12F2N2O/c1-13(2)9-4-8(11)7(10)3-6(9)5-14-12/h3-4H,5,12H2,1-2H3. The summed E-state index contributed by atoms with van der Waals surface area (Å²) in [7, 11) is 3.46. The molecule has 0 saturated carbocycles. The van der Waals surface area contributed by atoms with Crippen LogP contribution in [0.2, 0.25) is 0 Å². The lowest BCUT2D eigenvalue weighted by molar-refractivity contribution is 0.124. The van der Waals surface area contributed by atoms with E-state index in [4.69, 9.17) is 5.90 Å². The average Bonchev–Trinajstić information content (AvgIpc) is 2.11. The van der Waals surface area contributed by atoms with Gasteiger partial charge < -0.3 is 4.90 Å². The van der Waals surface area contributed by atoms with Gasteiger partial charge in [-0.25, -0.2) is 14.7 Å². The third-order valence-electron chi connectivity index (χ3n) is 1.84. The summed E-state index contributed by atoms with van der Waals surface area (Å²) < 4.78 is 25.7. The van der Waals surface area contributed by atoms with Gasteiger partial charge in [0.25, 0.3) is 0 Å². The van der Waals surface area contributed by atoms with Crippen LogP contribution in [0.1, 0.15) is 5.56 Å². The number of nitrogens with two attached hydrogens (primary N) is 1. The van der Waals surface area contributed by atoms with Crippen LogP contribution in [-0.2, 0) is 11.4 Å². The summed E-state index contributed by atoms with van der Waals surface area (Å²) in [6, 6.07) is 2.20. The molecule has 0 spiro atoms. The number of hydrogen-bond acceptors (Lipinski definition) is 3. The second-order valence-electron chi connectivity index (χ2n) is 3.10. The molecule has 5 heteroatoms. The molecular weight excluding hydrogens is 190 g/mol. The van der Waals surface area contributed by atoms with Crippen LogP contribution < -0.4 is 10.8 Å². The summed E-state index contributed by atoms with van der Waals surface area (Å²) in [4.78, 5) is 6.06. The molecule has 0 saturated heterocycles. The van der Waals surface area contributed by atoms with Gasteiger partial charge in [-0.05, 0) is 6.07 Å². The maximum absolute atomic E-state index is 12.9. The zero-order valence-electron chi connectivity index (χ0n) is 8.05. The van der Waals surface area contributed by atoms with Crippen LogP contribution in [0.25, 0.3) is 0 Å². The van der Waals surface area contributed by atoms with Crippen LogP contribution in [0.15, 0.2) is 12.1 Å². The number of benzene rings is 1. The lowest BCUT2D eigenvalue weighted by atomic mass is 10.1. The number of halogens is 2. The monoisotopic (exact) mass is 202 g/mol. The molecule has 1 aromatic rings. The van der Waals surface area contributed by atoms with Crippen molar-refractivity contribution >= 4 is 5.69 Å². The second-order valence-corrected chi connectivity index (χ2v) is 3.10. The molecule has 3 nitrogen and oxygen atoms in total. The zero-order chi connectivity index (χ0) is 10.7. The van der Waals surface area contributed by atoms with E-state index in [2.05, 4.69) is 4.84 Å². The van der Waals surface area contributed by atoms with Crippen LogP contribution in [-0.4, -0.2) is 14.1 Å². The lowest BCUT2D eigenvalue weighted by Gasteiger charge is -2.17. The number of nitrogens with zero attached hydrogens (tertiary/aromatic N) is 1. The zero-order valence-corrected chi connectivity index (χ0v) is 8.05. The number of hydrogen-bond donors (Lipinski definition) is 1. The molecule has 0 fully saturated rings. The first-order valence-electron chi connectivity index (χ1n) is 4.03. The maximum atomic E-state index is 12.9. The normalized spacial score (nSPS) is 10.4. The predicted molar refractivity (Wildman–Crippen MR) is 49.7 cm³/mol. The Balaban J connectivity index is 3.17. The van der Waals surface area contributed by atoms with Crippen LogP contribution in [0.4, 0.5) is 14.5 Å². The smallest absolute Gasteiger partial charge is 0.160 e. The fourth-order valence-electron chi connectivity index (χ4n) is 1.20. The SMILES string of the molecule is CN(C)c1cc(F)c(F)cc1CON. The highest BCUT2D eigenvalue weighted by atomic mass is 19.2. The van der Waals surface area contributed by atoms with Crippen molar-refractivity contribution in [3.05, 3.63) is 29.3 Å². The molecule has 0 bridgehead atoms. The maximum Gasteiger partial charge on any atom is 0.160 e. The third-order valence-corrected chi connectivity index (χ3v) is 1.84. The Morgan fingerprint density at radius 3 is 2.36 bits per heavy atom. The Labute approximate surface area is 81.0 Å². The highest BCUT2D eigenvalue weighted by molar-refractivity contribution is 5.52. The summed E-state index contributed by atoms with van der Waals surface area (Å²) in [6.45, 7) is 0.0463. The Morgan fingerprint density at radius 2 is 1.86 bits per heavy atom. The first kappa shape index (κ1) is 10.9. The number of rotatable bonds is 3. The molecule has 0 aromatic heterocycles. The summed E-state index contributed by atoms with van der Waals surface area (Å²) in [5.74, 6) is 3.10. The minimum atomic E-state index is -0.900. The molecule has 14 heavy (non-hydrogen) atoms. The summed E-state index contributed by atoms with van der Waals surface area (Å²) in [6.07, 6.45) is 0. The van der Waals surface area contributed by atoms with Gasteiger partial charge in [-0.2, -0.15) is 0 Å². The van der Waals surface area contributed by atoms with E-state index in [0.29, 0.717) is 11.3 Å². The molecule has 0 aliphatic rings. The summed E-state index contributed by atoms with van der Waals surface area (Å²) in [5, 5.41) is 0. The van der Waals surface area contributed by atoms with Gasteiger partial charge in [0.1, 0.15) is 0 Å². The van der Waals surface area contributed by atoms with Gasteiger partial charge in [-0.1, -0.05) is 0 Å². The minimum Gasteiger partial charge on any atom is -0.377 e. The molecule has 0 aliphatic heterocycles. The van der Waals surface area contributed by atoms with Crippen LogP contribution in [0.3, 0.4) is 0 Å². The Kier molecular flexibility index (Phi) is 3.38. The van der Waals surface area contributed by atoms with Crippen molar-refractivity contribution in [1.82, 2.24) is 0 Å². The Hall–Kier alpha value is -1.20. The molecule has 1 rings (SSSR count). The van der Waals surface area contributed by atoms with Gasteiger partial charge in [0.05, 0.1) is 6.61 Å². The van der Waals surface area contributed by atoms with E-state index in [1.807, 2.05) is 0 Å². The molecule has 0 radical (unpaired) electrons. The average molecular weight is 202 g/mol. The quantitative estimate of drug-likeness (QED) is 0.753. The first-order chi connectivity index (χ1) is 6.56. The predicted octanol–water partition coefficient (Wildman–Crippen LogP) is 1.42. The first-order valence-corrected chi connectivity index (χ1v) is 4.03. The van der Waals surface area contributed by atoms with Crippen molar-refractivity contribution in [2.24, 2.45) is 5.90 Å². The highest BCUT2D eigenvalue weighted by Gasteiger charge is 2.10. The molecule has 0 heterocycles. The van der Waals surface area contributed by atoms with Crippen molar-refractivity contribution in [2.45, 2.75) is 6.61 Å². The third kappa shape index (κ3) is 2.18. The molecule has 78 valence electrons. The van der Waals surface area contributed by atoms with Crippen LogP contribution in [0.5, 0.6) is 0 Å². The van der Waals surface area contributed by atoms with Crippen molar-refractivity contribution in [1.29, 1.82) is 0 Å². The van der Waals surface area contributed by atoms with Crippen molar-refractivity contribution in [2.75, 3.05) is 19.0 Å². The van der Waals surface area contributed by atoms with E-state index in [0.717, 1.165) is 12.1 Å². The minimum absolute atomic E-state index is 0.0463. The van der Waals surface area contributed by atoms with E-state index in [1.54, 1.807) is 19.0 Å². The second kappa shape index (κ2) is 4.34. The molecule has 0 unspecified atom stereocenters. The summed E-state index contributed by atoms with van der Waals surface area (Å²) >= 11 is 0. The van der Waals surface area contributed by atoms with Gasteiger partial charge in [0.2, 0.25) is 0 Å². The molecule has 2 N–H and O–H groups in total. The fourth-order valence-corrected chi connectivity index (χ4v) is 1.20. The van der Waals surface area contributed by atoms with Gasteiger partial charge in [-0.15, -0.1) is 0 Å². The molecular formula is C9H12F2N2O. The topological polar surface area (TPSA) is 38.5 Å². The lowest BCUT2D eigenvalue weighted by Crippen LogP contribution is -2.13. The van der Waals surface area contributed by atoms with Gasteiger partial charge in [0, 0.05) is 31.4 Å². The largest absolute Gasteiger partial charge is 0.377 e. The highest BCUT2D eigenvalue weighted by Crippen LogP contribution is 2.22. The van der Waals surface area contributed by atoms with E-state index >= 15 is 0 Å². The molecule has 1 aromatic carbocycles. The molecule has 0 amide bonds. The van der Waals surface area contributed by atoms with Gasteiger partial charge in [0.15, 0.2) is 11.6 Å². The van der Waals surface area contributed by atoms with Gasteiger partial charge >= 0.3 is 0 Å². The van der Waals surface area contributed by atoms with Gasteiger partial charge in [-0.3, -0.25) is 4.84 Å². The van der Waals surface area contributed by atoms with E-state index in [9.17, 15) is 8.78 Å². The van der Waals surface area contributed by atoms with Crippen LogP contribution in [0, 0.1) is 11.6 Å². The number of anilines is 1. The van der Waals surface area contributed by atoms with Crippen LogP contribution >= 0.6 is 0 Å². The van der Waals surface area contributed by atoms with E-state index in [1.165, 1.54) is 0 Å². The Bertz CT molecular complexity index is 329. The molecule has 0 atom stereocenters. The van der Waals surface area contributed by atoms with E-state index < -0.39 is 11.6 Å².